The van der Waals surface area contributed by atoms with Crippen molar-refractivity contribution < 1.29 is 4.74 Å². The Balaban J connectivity index is 1.56. The van der Waals surface area contributed by atoms with Crippen LogP contribution in [0.15, 0.2) is 0 Å². The van der Waals surface area contributed by atoms with Gasteiger partial charge in [-0.05, 0) is 68.7 Å². The fraction of sp³-hybridized carbons (Fsp3) is 1.00. The lowest BCUT2D eigenvalue weighted by Gasteiger charge is -2.37. The van der Waals surface area contributed by atoms with Crippen molar-refractivity contribution in [3.05, 3.63) is 0 Å². The van der Waals surface area contributed by atoms with Gasteiger partial charge < -0.3 is 4.74 Å². The molecule has 0 heterocycles. The quantitative estimate of drug-likeness (QED) is 0.240. The highest BCUT2D eigenvalue weighted by molar-refractivity contribution is 7.33. The molecular weight excluding hydrogens is 343 g/mol. The van der Waals surface area contributed by atoms with E-state index in [1.165, 1.54) is 70.6 Å². The zero-order valence-electron chi connectivity index (χ0n) is 14.9. The molecule has 0 bridgehead atoms. The molecule has 0 saturated heterocycles. The summed E-state index contributed by atoms with van der Waals surface area (Å²) in [5.74, 6) is 3.05. The van der Waals surface area contributed by atoms with Gasteiger partial charge in [-0.2, -0.15) is 0 Å². The van der Waals surface area contributed by atoms with E-state index in [9.17, 15) is 0 Å². The van der Waals surface area contributed by atoms with Crippen molar-refractivity contribution in [2.24, 2.45) is 17.8 Å². The zero-order chi connectivity index (χ0) is 16.5. The van der Waals surface area contributed by atoms with Crippen LogP contribution in [-0.4, -0.2) is 20.1 Å². The summed E-state index contributed by atoms with van der Waals surface area (Å²) in [6.07, 6.45) is 17.2. The van der Waals surface area contributed by atoms with E-state index in [2.05, 4.69) is 6.92 Å². The number of hydrogen-bond donors (Lipinski definition) is 0. The molecule has 0 aliphatic heterocycles. The lowest BCUT2D eigenvalue weighted by molar-refractivity contribution is 0.00728. The van der Waals surface area contributed by atoms with E-state index in [1.54, 1.807) is 0 Å². The van der Waals surface area contributed by atoms with Gasteiger partial charge in [-0.15, -0.1) is 22.2 Å². The summed E-state index contributed by atoms with van der Waals surface area (Å²) in [6.45, 7) is 3.17. The summed E-state index contributed by atoms with van der Waals surface area (Å²) in [4.78, 5) is 0. The van der Waals surface area contributed by atoms with Gasteiger partial charge in [0.05, 0.1) is 6.10 Å². The van der Waals surface area contributed by atoms with Crippen molar-refractivity contribution in [1.29, 1.82) is 0 Å². The van der Waals surface area contributed by atoms with E-state index < -0.39 is 7.42 Å². The molecule has 1 nitrogen and oxygen atoms in total. The van der Waals surface area contributed by atoms with E-state index >= 15 is 0 Å². The van der Waals surface area contributed by atoms with Crippen LogP contribution in [0.3, 0.4) is 0 Å². The first kappa shape index (κ1) is 20.1. The second kappa shape index (κ2) is 11.4. The van der Waals surface area contributed by atoms with Crippen LogP contribution in [0.2, 0.25) is 6.04 Å². The average Bonchev–Trinajstić information content (AvgIpc) is 2.58. The first-order chi connectivity index (χ1) is 11.2. The van der Waals surface area contributed by atoms with Gasteiger partial charge in [-0.3, -0.25) is 0 Å². The standard InChI is InChI=1S/C19H35Cl2OSi/c1-2-3-5-16-6-8-17(9-7-16)18-10-12-19(13-11-18)22-14-4-15-23(20)21/h16-19H,2-15H2,1H3. The molecule has 0 N–H and O–H groups in total. The SMILES string of the molecule is CCCCC1CCC(C2CCC(OCCC[Si](Cl)Cl)CC2)CC1. The topological polar surface area (TPSA) is 9.23 Å². The summed E-state index contributed by atoms with van der Waals surface area (Å²) in [5.41, 5.74) is 0. The predicted molar refractivity (Wildman–Crippen MR) is 104 cm³/mol. The Kier molecular flexibility index (Phi) is 9.94. The molecule has 0 atom stereocenters. The Hall–Kier alpha value is 0.757. The Morgan fingerprint density at radius 2 is 1.48 bits per heavy atom. The maximum Gasteiger partial charge on any atom is 0.273 e. The number of unbranched alkanes of at least 4 members (excludes halogenated alkanes) is 1. The summed E-state index contributed by atoms with van der Waals surface area (Å²) in [5, 5.41) is 0. The molecule has 2 aliphatic carbocycles. The Morgan fingerprint density at radius 3 is 2.04 bits per heavy atom. The van der Waals surface area contributed by atoms with Crippen molar-refractivity contribution in [2.75, 3.05) is 6.61 Å². The molecule has 2 rings (SSSR count). The van der Waals surface area contributed by atoms with Gasteiger partial charge >= 0.3 is 0 Å². The molecule has 0 aromatic rings. The first-order valence-electron chi connectivity index (χ1n) is 9.97. The van der Waals surface area contributed by atoms with Gasteiger partial charge in [-0.1, -0.05) is 39.0 Å². The Labute approximate surface area is 154 Å². The first-order valence-corrected chi connectivity index (χ1v) is 13.7. The van der Waals surface area contributed by atoms with E-state index in [0.717, 1.165) is 36.8 Å². The molecule has 0 aromatic heterocycles. The molecule has 0 spiro atoms. The van der Waals surface area contributed by atoms with Gasteiger partial charge in [0, 0.05) is 6.61 Å². The molecule has 2 fully saturated rings. The fourth-order valence-electron chi connectivity index (χ4n) is 4.62. The molecule has 0 unspecified atom stereocenters. The third-order valence-corrected chi connectivity index (χ3v) is 7.97. The minimum absolute atomic E-state index is 0.508. The molecule has 4 heteroatoms. The minimum atomic E-state index is -1.11. The molecule has 23 heavy (non-hydrogen) atoms. The number of hydrogen-bond acceptors (Lipinski definition) is 1. The number of halogens is 2. The monoisotopic (exact) mass is 377 g/mol. The van der Waals surface area contributed by atoms with Crippen LogP contribution in [0.5, 0.6) is 0 Å². The summed E-state index contributed by atoms with van der Waals surface area (Å²) in [7, 11) is -1.11. The molecule has 2 aliphatic rings. The van der Waals surface area contributed by atoms with E-state index in [1.807, 2.05) is 0 Å². The smallest absolute Gasteiger partial charge is 0.273 e. The largest absolute Gasteiger partial charge is 0.378 e. The fourth-order valence-corrected chi connectivity index (χ4v) is 5.84. The second-order valence-corrected chi connectivity index (χ2v) is 12.3. The van der Waals surface area contributed by atoms with Crippen molar-refractivity contribution in [3.8, 4) is 0 Å². The van der Waals surface area contributed by atoms with Crippen molar-refractivity contribution in [2.45, 2.75) is 96.1 Å². The van der Waals surface area contributed by atoms with Gasteiger partial charge in [-0.25, -0.2) is 0 Å². The second-order valence-electron chi connectivity index (χ2n) is 7.77. The van der Waals surface area contributed by atoms with Crippen LogP contribution >= 0.6 is 22.2 Å². The van der Waals surface area contributed by atoms with E-state index in [4.69, 9.17) is 26.9 Å². The summed E-state index contributed by atoms with van der Waals surface area (Å²) in [6, 6.07) is 0.949. The number of ether oxygens (including phenoxy) is 1. The van der Waals surface area contributed by atoms with E-state index in [0.29, 0.717) is 6.10 Å². The highest BCUT2D eigenvalue weighted by Crippen LogP contribution is 2.41. The van der Waals surface area contributed by atoms with Gasteiger partial charge in [0.2, 0.25) is 0 Å². The predicted octanol–water partition coefficient (Wildman–Crippen LogP) is 6.91. The lowest BCUT2D eigenvalue weighted by atomic mass is 9.70. The molecule has 0 amide bonds. The molecule has 1 radical (unpaired) electrons. The third-order valence-electron chi connectivity index (χ3n) is 6.11. The molecule has 0 aromatic carbocycles. The van der Waals surface area contributed by atoms with Crippen LogP contribution in [0.1, 0.15) is 84.0 Å². The molecular formula is C19H35Cl2OSi. The van der Waals surface area contributed by atoms with Crippen LogP contribution in [0.4, 0.5) is 0 Å². The van der Waals surface area contributed by atoms with Crippen molar-refractivity contribution >= 4 is 29.6 Å². The highest BCUT2D eigenvalue weighted by atomic mass is 35.7. The number of rotatable bonds is 9. The van der Waals surface area contributed by atoms with Crippen LogP contribution in [0, 0.1) is 17.8 Å². The van der Waals surface area contributed by atoms with Crippen LogP contribution in [-0.2, 0) is 4.74 Å². The van der Waals surface area contributed by atoms with Crippen LogP contribution in [0.25, 0.3) is 0 Å². The Bertz CT molecular complexity index is 298. The van der Waals surface area contributed by atoms with Gasteiger partial charge in [0.15, 0.2) is 0 Å². The average molecular weight is 378 g/mol. The van der Waals surface area contributed by atoms with E-state index in [-0.39, 0.29) is 0 Å². The van der Waals surface area contributed by atoms with Gasteiger partial charge in [0.25, 0.3) is 7.42 Å². The maximum atomic E-state index is 6.03. The maximum absolute atomic E-state index is 6.03. The summed E-state index contributed by atoms with van der Waals surface area (Å²) < 4.78 is 6.03. The Morgan fingerprint density at radius 1 is 0.870 bits per heavy atom. The third kappa shape index (κ3) is 7.67. The molecule has 2 saturated carbocycles. The molecule has 135 valence electrons. The lowest BCUT2D eigenvalue weighted by Crippen LogP contribution is -2.28. The van der Waals surface area contributed by atoms with Crippen molar-refractivity contribution in [3.63, 3.8) is 0 Å². The highest BCUT2D eigenvalue weighted by Gasteiger charge is 2.30. The summed E-state index contributed by atoms with van der Waals surface area (Å²) >= 11 is 11.7. The minimum Gasteiger partial charge on any atom is -0.378 e. The normalized spacial score (nSPS) is 32.3. The van der Waals surface area contributed by atoms with Gasteiger partial charge in [0.1, 0.15) is 0 Å². The van der Waals surface area contributed by atoms with Crippen LogP contribution < -0.4 is 0 Å². The zero-order valence-corrected chi connectivity index (χ0v) is 17.4. The van der Waals surface area contributed by atoms with Crippen molar-refractivity contribution in [1.82, 2.24) is 0 Å².